The van der Waals surface area contributed by atoms with Crippen molar-refractivity contribution < 1.29 is 19.4 Å². The van der Waals surface area contributed by atoms with E-state index in [0.717, 1.165) is 0 Å². The van der Waals surface area contributed by atoms with Crippen LogP contribution in [-0.2, 0) is 0 Å². The van der Waals surface area contributed by atoms with Gasteiger partial charge in [-0.25, -0.2) is 0 Å². The standard InChI is InChI=1S/C20H16N2O4/c23-18-9-5-4-8-17(18)20(25)22-21-19(24)14-10-12-16(13-11-14)26-15-6-2-1-3-7-15/h1-13,23H,(H,21,24)(H,22,25). The second-order valence-corrected chi connectivity index (χ2v) is 5.36. The first-order valence-electron chi connectivity index (χ1n) is 7.85. The molecule has 0 atom stereocenters. The highest BCUT2D eigenvalue weighted by Gasteiger charge is 2.12. The van der Waals surface area contributed by atoms with Gasteiger partial charge in [-0.1, -0.05) is 30.3 Å². The Morgan fingerprint density at radius 3 is 1.96 bits per heavy atom. The van der Waals surface area contributed by atoms with Crippen LogP contribution in [0.15, 0.2) is 78.9 Å². The van der Waals surface area contributed by atoms with E-state index in [0.29, 0.717) is 17.1 Å². The summed E-state index contributed by atoms with van der Waals surface area (Å²) in [6.07, 6.45) is 0. The van der Waals surface area contributed by atoms with Gasteiger partial charge in [-0.2, -0.15) is 0 Å². The molecule has 0 heterocycles. The van der Waals surface area contributed by atoms with Gasteiger partial charge in [0.1, 0.15) is 17.2 Å². The van der Waals surface area contributed by atoms with Crippen molar-refractivity contribution in [3.8, 4) is 17.2 Å². The molecule has 6 nitrogen and oxygen atoms in total. The number of hydrogen-bond acceptors (Lipinski definition) is 4. The van der Waals surface area contributed by atoms with E-state index in [9.17, 15) is 14.7 Å². The minimum Gasteiger partial charge on any atom is -0.507 e. The molecule has 2 amide bonds. The third-order valence-electron chi connectivity index (χ3n) is 3.53. The topological polar surface area (TPSA) is 87.7 Å². The van der Waals surface area contributed by atoms with Gasteiger partial charge >= 0.3 is 0 Å². The molecule has 0 bridgehead atoms. The average Bonchev–Trinajstić information content (AvgIpc) is 2.67. The summed E-state index contributed by atoms with van der Waals surface area (Å²) in [5.74, 6) is 0.0211. The zero-order chi connectivity index (χ0) is 18.4. The third kappa shape index (κ3) is 4.18. The van der Waals surface area contributed by atoms with Crippen LogP contribution in [-0.4, -0.2) is 16.9 Å². The van der Waals surface area contributed by atoms with Crippen molar-refractivity contribution in [3.05, 3.63) is 90.0 Å². The largest absolute Gasteiger partial charge is 0.507 e. The molecule has 3 aromatic rings. The van der Waals surface area contributed by atoms with Gasteiger partial charge in [-0.05, 0) is 48.5 Å². The predicted octanol–water partition coefficient (Wildman–Crippen LogP) is 3.26. The molecule has 0 aliphatic carbocycles. The summed E-state index contributed by atoms with van der Waals surface area (Å²) in [5, 5.41) is 9.63. The van der Waals surface area contributed by atoms with Crippen LogP contribution in [0.2, 0.25) is 0 Å². The highest BCUT2D eigenvalue weighted by atomic mass is 16.5. The van der Waals surface area contributed by atoms with Gasteiger partial charge in [0.15, 0.2) is 0 Å². The van der Waals surface area contributed by atoms with Crippen molar-refractivity contribution >= 4 is 11.8 Å². The number of carbonyl (C=O) groups is 2. The average molecular weight is 348 g/mol. The molecule has 0 spiro atoms. The minimum absolute atomic E-state index is 0.0689. The van der Waals surface area contributed by atoms with Gasteiger partial charge in [0.05, 0.1) is 5.56 Å². The van der Waals surface area contributed by atoms with Crippen LogP contribution >= 0.6 is 0 Å². The molecular weight excluding hydrogens is 332 g/mol. The van der Waals surface area contributed by atoms with Gasteiger partial charge in [0.2, 0.25) is 0 Å². The fraction of sp³-hybridized carbons (Fsp3) is 0. The maximum Gasteiger partial charge on any atom is 0.273 e. The van der Waals surface area contributed by atoms with Crippen molar-refractivity contribution in [3.63, 3.8) is 0 Å². The number of hydrazine groups is 1. The number of aromatic hydroxyl groups is 1. The number of nitrogens with one attached hydrogen (secondary N) is 2. The lowest BCUT2D eigenvalue weighted by molar-refractivity contribution is 0.0845. The first kappa shape index (κ1) is 17.0. The molecule has 0 radical (unpaired) electrons. The van der Waals surface area contributed by atoms with Crippen LogP contribution in [0.5, 0.6) is 17.2 Å². The van der Waals surface area contributed by atoms with E-state index in [1.165, 1.54) is 12.1 Å². The normalized spacial score (nSPS) is 10.0. The number of rotatable bonds is 4. The first-order chi connectivity index (χ1) is 12.6. The Morgan fingerprint density at radius 1 is 0.692 bits per heavy atom. The van der Waals surface area contributed by atoms with Crippen LogP contribution in [0.1, 0.15) is 20.7 Å². The SMILES string of the molecule is O=C(NNC(=O)c1ccccc1O)c1ccc(Oc2ccccc2)cc1. The summed E-state index contributed by atoms with van der Waals surface area (Å²) >= 11 is 0. The van der Waals surface area contributed by atoms with Crippen molar-refractivity contribution in [2.24, 2.45) is 0 Å². The van der Waals surface area contributed by atoms with Crippen LogP contribution in [0, 0.1) is 0 Å². The Balaban J connectivity index is 1.58. The number of benzene rings is 3. The Labute approximate surface area is 150 Å². The van der Waals surface area contributed by atoms with Crippen molar-refractivity contribution in [2.45, 2.75) is 0 Å². The summed E-state index contributed by atoms with van der Waals surface area (Å²) in [6.45, 7) is 0. The van der Waals surface area contributed by atoms with Crippen LogP contribution in [0.25, 0.3) is 0 Å². The lowest BCUT2D eigenvalue weighted by Gasteiger charge is -2.09. The van der Waals surface area contributed by atoms with Gasteiger partial charge in [-0.15, -0.1) is 0 Å². The molecule has 26 heavy (non-hydrogen) atoms. The van der Waals surface area contributed by atoms with E-state index in [-0.39, 0.29) is 11.3 Å². The maximum atomic E-state index is 12.1. The van der Waals surface area contributed by atoms with Crippen LogP contribution in [0.3, 0.4) is 0 Å². The van der Waals surface area contributed by atoms with Crippen LogP contribution in [0.4, 0.5) is 0 Å². The molecule has 0 saturated carbocycles. The molecule has 3 aromatic carbocycles. The molecule has 3 N–H and O–H groups in total. The summed E-state index contributed by atoms with van der Waals surface area (Å²) in [4.78, 5) is 24.1. The van der Waals surface area contributed by atoms with Crippen molar-refractivity contribution in [2.75, 3.05) is 0 Å². The first-order valence-corrected chi connectivity index (χ1v) is 7.85. The molecule has 0 aromatic heterocycles. The van der Waals surface area contributed by atoms with E-state index >= 15 is 0 Å². The number of phenols is 1. The molecule has 0 aliphatic rings. The Bertz CT molecular complexity index is 909. The minimum atomic E-state index is -0.611. The molecule has 6 heteroatoms. The molecule has 0 unspecified atom stereocenters. The zero-order valence-corrected chi connectivity index (χ0v) is 13.7. The lowest BCUT2D eigenvalue weighted by atomic mass is 10.2. The maximum absolute atomic E-state index is 12.1. The quantitative estimate of drug-likeness (QED) is 0.632. The summed E-state index contributed by atoms with van der Waals surface area (Å²) in [7, 11) is 0. The summed E-state index contributed by atoms with van der Waals surface area (Å²) < 4.78 is 5.65. The number of phenolic OH excluding ortho intramolecular Hbond substituents is 1. The number of carbonyl (C=O) groups excluding carboxylic acids is 2. The summed E-state index contributed by atoms with van der Waals surface area (Å²) in [6, 6.07) is 21.8. The molecule has 0 saturated heterocycles. The second-order valence-electron chi connectivity index (χ2n) is 5.36. The van der Waals surface area contributed by atoms with E-state index in [2.05, 4.69) is 10.9 Å². The Hall–Kier alpha value is -3.80. The molecule has 3 rings (SSSR count). The summed E-state index contributed by atoms with van der Waals surface area (Å²) in [5.41, 5.74) is 4.98. The smallest absolute Gasteiger partial charge is 0.273 e. The van der Waals surface area contributed by atoms with Gasteiger partial charge in [-0.3, -0.25) is 20.4 Å². The molecule has 0 aliphatic heterocycles. The Morgan fingerprint density at radius 2 is 1.27 bits per heavy atom. The fourth-order valence-corrected chi connectivity index (χ4v) is 2.22. The molecule has 130 valence electrons. The van der Waals surface area contributed by atoms with Gasteiger partial charge < -0.3 is 9.84 Å². The monoisotopic (exact) mass is 348 g/mol. The van der Waals surface area contributed by atoms with E-state index in [1.807, 2.05) is 30.3 Å². The Kier molecular flexibility index (Phi) is 5.14. The third-order valence-corrected chi connectivity index (χ3v) is 3.53. The number of amides is 2. The predicted molar refractivity (Wildman–Crippen MR) is 96.0 cm³/mol. The fourth-order valence-electron chi connectivity index (χ4n) is 2.22. The molecular formula is C20H16N2O4. The van der Waals surface area contributed by atoms with E-state index < -0.39 is 11.8 Å². The van der Waals surface area contributed by atoms with Crippen molar-refractivity contribution in [1.82, 2.24) is 10.9 Å². The lowest BCUT2D eigenvalue weighted by Crippen LogP contribution is -2.41. The number of para-hydroxylation sites is 2. The van der Waals surface area contributed by atoms with E-state index in [4.69, 9.17) is 4.74 Å². The zero-order valence-electron chi connectivity index (χ0n) is 13.7. The van der Waals surface area contributed by atoms with E-state index in [1.54, 1.807) is 36.4 Å². The van der Waals surface area contributed by atoms with Gasteiger partial charge in [0.25, 0.3) is 11.8 Å². The van der Waals surface area contributed by atoms with Gasteiger partial charge in [0, 0.05) is 5.56 Å². The number of ether oxygens (including phenoxy) is 1. The highest BCUT2D eigenvalue weighted by Crippen LogP contribution is 2.21. The molecule has 0 fully saturated rings. The second kappa shape index (κ2) is 7.85. The highest BCUT2D eigenvalue weighted by molar-refractivity contribution is 6.00. The van der Waals surface area contributed by atoms with Crippen LogP contribution < -0.4 is 15.6 Å². The van der Waals surface area contributed by atoms with Crippen molar-refractivity contribution in [1.29, 1.82) is 0 Å². The number of hydrogen-bond donors (Lipinski definition) is 3.